The Bertz CT molecular complexity index is 125. The lowest BCUT2D eigenvalue weighted by atomic mass is 10.1. The molecule has 0 saturated heterocycles. The van der Waals surface area contributed by atoms with Crippen LogP contribution >= 0.6 is 0 Å². The van der Waals surface area contributed by atoms with Crippen molar-refractivity contribution in [2.45, 2.75) is 33.2 Å². The summed E-state index contributed by atoms with van der Waals surface area (Å²) >= 11 is 0. The van der Waals surface area contributed by atoms with E-state index in [2.05, 4.69) is 5.32 Å². The Kier molecular flexibility index (Phi) is 4.86. The number of amides is 1. The lowest BCUT2D eigenvalue weighted by molar-refractivity contribution is -0.125. The zero-order chi connectivity index (χ0) is 8.85. The van der Waals surface area contributed by atoms with Crippen molar-refractivity contribution in [3.05, 3.63) is 0 Å². The Morgan fingerprint density at radius 3 is 2.45 bits per heavy atom. The van der Waals surface area contributed by atoms with Crippen LogP contribution in [0.3, 0.4) is 0 Å². The minimum Gasteiger partial charge on any atom is -0.394 e. The molecule has 66 valence electrons. The number of aliphatic hydroxyl groups is 1. The zero-order valence-corrected chi connectivity index (χ0v) is 7.42. The highest BCUT2D eigenvalue weighted by molar-refractivity contribution is 5.78. The molecule has 0 aromatic carbocycles. The van der Waals surface area contributed by atoms with E-state index in [1.165, 1.54) is 0 Å². The molecule has 1 unspecified atom stereocenters. The molecule has 0 saturated carbocycles. The lowest BCUT2D eigenvalue weighted by Gasteiger charge is -2.13. The summed E-state index contributed by atoms with van der Waals surface area (Å²) in [6.45, 7) is 5.62. The number of hydrogen-bond donors (Lipinski definition) is 2. The van der Waals surface area contributed by atoms with Gasteiger partial charge in [0.2, 0.25) is 5.91 Å². The van der Waals surface area contributed by atoms with Gasteiger partial charge in [-0.1, -0.05) is 13.8 Å². The maximum Gasteiger partial charge on any atom is 0.223 e. The van der Waals surface area contributed by atoms with Gasteiger partial charge in [-0.05, 0) is 13.3 Å². The Hall–Kier alpha value is -0.570. The first-order valence-corrected chi connectivity index (χ1v) is 4.03. The molecule has 0 aromatic heterocycles. The van der Waals surface area contributed by atoms with E-state index in [0.717, 1.165) is 6.42 Å². The molecule has 0 aliphatic rings. The normalized spacial score (nSPS) is 15.6. The molecule has 11 heavy (non-hydrogen) atoms. The molecule has 0 aliphatic carbocycles. The molecule has 0 fully saturated rings. The molecule has 3 heteroatoms. The van der Waals surface area contributed by atoms with Gasteiger partial charge in [0.15, 0.2) is 0 Å². The van der Waals surface area contributed by atoms with Crippen molar-refractivity contribution in [3.8, 4) is 0 Å². The quantitative estimate of drug-likeness (QED) is 0.628. The number of hydrogen-bond acceptors (Lipinski definition) is 2. The van der Waals surface area contributed by atoms with Gasteiger partial charge in [-0.2, -0.15) is 0 Å². The van der Waals surface area contributed by atoms with Gasteiger partial charge in [-0.25, -0.2) is 0 Å². The molecule has 0 aliphatic heterocycles. The Balaban J connectivity index is 3.68. The maximum absolute atomic E-state index is 11.1. The van der Waals surface area contributed by atoms with Crippen LogP contribution in [0, 0.1) is 5.92 Å². The van der Waals surface area contributed by atoms with E-state index in [1.807, 2.05) is 13.8 Å². The average Bonchev–Trinajstić information content (AvgIpc) is 2.02. The van der Waals surface area contributed by atoms with E-state index in [0.29, 0.717) is 0 Å². The first-order chi connectivity index (χ1) is 5.11. The van der Waals surface area contributed by atoms with Crippen molar-refractivity contribution < 1.29 is 9.90 Å². The van der Waals surface area contributed by atoms with Crippen molar-refractivity contribution in [1.29, 1.82) is 0 Å². The van der Waals surface area contributed by atoms with Gasteiger partial charge in [0.1, 0.15) is 0 Å². The molecule has 0 aromatic rings. The molecule has 3 nitrogen and oxygen atoms in total. The summed E-state index contributed by atoms with van der Waals surface area (Å²) in [6.07, 6.45) is 0.837. The van der Waals surface area contributed by atoms with E-state index in [1.54, 1.807) is 6.92 Å². The molecule has 2 atom stereocenters. The van der Waals surface area contributed by atoms with Crippen LogP contribution in [-0.2, 0) is 4.79 Å². The third-order valence-electron chi connectivity index (χ3n) is 1.72. The summed E-state index contributed by atoms with van der Waals surface area (Å²) in [7, 11) is 0. The maximum atomic E-state index is 11.1. The highest BCUT2D eigenvalue weighted by Gasteiger charge is 2.11. The van der Waals surface area contributed by atoms with Gasteiger partial charge in [0, 0.05) is 12.0 Å². The van der Waals surface area contributed by atoms with E-state index >= 15 is 0 Å². The Morgan fingerprint density at radius 1 is 1.55 bits per heavy atom. The molecule has 1 amide bonds. The molecule has 0 bridgehead atoms. The van der Waals surface area contributed by atoms with Gasteiger partial charge in [-0.15, -0.1) is 0 Å². The van der Waals surface area contributed by atoms with Crippen LogP contribution in [0.4, 0.5) is 0 Å². The summed E-state index contributed by atoms with van der Waals surface area (Å²) in [5.41, 5.74) is 0. The summed E-state index contributed by atoms with van der Waals surface area (Å²) in [4.78, 5) is 11.1. The molecular formula is C8H17NO2. The van der Waals surface area contributed by atoms with Gasteiger partial charge in [0.25, 0.3) is 0 Å². The third kappa shape index (κ3) is 3.98. The van der Waals surface area contributed by atoms with Crippen molar-refractivity contribution in [2.75, 3.05) is 6.61 Å². The molecule has 2 N–H and O–H groups in total. The van der Waals surface area contributed by atoms with Crippen molar-refractivity contribution in [3.63, 3.8) is 0 Å². The van der Waals surface area contributed by atoms with Gasteiger partial charge in [-0.3, -0.25) is 4.79 Å². The van der Waals surface area contributed by atoms with E-state index in [4.69, 9.17) is 5.11 Å². The minimum atomic E-state index is -0.128. The van der Waals surface area contributed by atoms with E-state index in [9.17, 15) is 4.79 Å². The second kappa shape index (κ2) is 5.13. The van der Waals surface area contributed by atoms with Gasteiger partial charge in [0.05, 0.1) is 6.61 Å². The first-order valence-electron chi connectivity index (χ1n) is 4.03. The summed E-state index contributed by atoms with van der Waals surface area (Å²) in [5.74, 6) is 0.0676. The summed E-state index contributed by atoms with van der Waals surface area (Å²) in [5, 5.41) is 11.3. The van der Waals surface area contributed by atoms with E-state index in [-0.39, 0.29) is 24.5 Å². The number of carbonyl (C=O) groups is 1. The van der Waals surface area contributed by atoms with Crippen LogP contribution in [-0.4, -0.2) is 23.7 Å². The monoisotopic (exact) mass is 159 g/mol. The van der Waals surface area contributed by atoms with Crippen molar-refractivity contribution in [1.82, 2.24) is 5.32 Å². The van der Waals surface area contributed by atoms with Crippen LogP contribution in [0.5, 0.6) is 0 Å². The number of nitrogens with one attached hydrogen (secondary N) is 1. The Labute approximate surface area is 67.8 Å². The number of carbonyl (C=O) groups excluding carboxylic acids is 1. The molecule has 0 spiro atoms. The van der Waals surface area contributed by atoms with Crippen LogP contribution in [0.15, 0.2) is 0 Å². The first kappa shape index (κ1) is 10.4. The van der Waals surface area contributed by atoms with Crippen LogP contribution in [0.25, 0.3) is 0 Å². The summed E-state index contributed by atoms with van der Waals surface area (Å²) < 4.78 is 0. The molecule has 0 radical (unpaired) electrons. The van der Waals surface area contributed by atoms with Crippen LogP contribution < -0.4 is 5.32 Å². The van der Waals surface area contributed by atoms with Crippen LogP contribution in [0.1, 0.15) is 27.2 Å². The Morgan fingerprint density at radius 2 is 2.09 bits per heavy atom. The average molecular weight is 159 g/mol. The zero-order valence-electron chi connectivity index (χ0n) is 7.42. The molecule has 0 heterocycles. The van der Waals surface area contributed by atoms with Crippen LogP contribution in [0.2, 0.25) is 0 Å². The highest BCUT2D eigenvalue weighted by Crippen LogP contribution is 1.99. The fourth-order valence-corrected chi connectivity index (χ4v) is 0.616. The third-order valence-corrected chi connectivity index (χ3v) is 1.72. The van der Waals surface area contributed by atoms with E-state index < -0.39 is 0 Å². The highest BCUT2D eigenvalue weighted by atomic mass is 16.3. The number of aliphatic hydroxyl groups excluding tert-OH is 1. The molecule has 0 rings (SSSR count). The molecular weight excluding hydrogens is 142 g/mol. The summed E-state index contributed by atoms with van der Waals surface area (Å²) in [6, 6.07) is -0.128. The van der Waals surface area contributed by atoms with Gasteiger partial charge < -0.3 is 10.4 Å². The standard InChI is InChI=1S/C8H17NO2/c1-4-6(2)8(11)9-7(3)5-10/h6-7,10H,4-5H2,1-3H3,(H,9,11)/t6?,7-/m1/s1. The van der Waals surface area contributed by atoms with Crippen molar-refractivity contribution in [2.24, 2.45) is 5.92 Å². The second-order valence-corrected chi connectivity index (χ2v) is 2.90. The van der Waals surface area contributed by atoms with Crippen molar-refractivity contribution >= 4 is 5.91 Å². The lowest BCUT2D eigenvalue weighted by Crippen LogP contribution is -2.38. The smallest absolute Gasteiger partial charge is 0.223 e. The SMILES string of the molecule is CCC(C)C(=O)N[C@H](C)CO. The van der Waals surface area contributed by atoms with Gasteiger partial charge >= 0.3 is 0 Å². The largest absolute Gasteiger partial charge is 0.394 e. The number of rotatable bonds is 4. The predicted octanol–water partition coefficient (Wildman–Crippen LogP) is 0.529. The fraction of sp³-hybridized carbons (Fsp3) is 0.875. The fourth-order valence-electron chi connectivity index (χ4n) is 0.616. The second-order valence-electron chi connectivity index (χ2n) is 2.90. The minimum absolute atomic E-state index is 0.00216. The topological polar surface area (TPSA) is 49.3 Å². The predicted molar refractivity (Wildman–Crippen MR) is 44.1 cm³/mol.